The summed E-state index contributed by atoms with van der Waals surface area (Å²) in [6, 6.07) is 0. The van der Waals surface area contributed by atoms with E-state index in [4.69, 9.17) is 0 Å². The fraction of sp³-hybridized carbons (Fsp3) is 0.500. The quantitative estimate of drug-likeness (QED) is 0.442. The van der Waals surface area contributed by atoms with E-state index in [2.05, 4.69) is 23.3 Å². The fourth-order valence-corrected chi connectivity index (χ4v) is 0.624. The van der Waals surface area contributed by atoms with Crippen molar-refractivity contribution in [3.63, 3.8) is 0 Å². The average Bonchev–Trinajstić information content (AvgIpc) is 1.84. The standard InChI is InChI=1S/C8H15N3/c1-7(2)10-8(9-3)6-11(4)5/h1,3,6H2,2,4-5H3. The molecule has 0 spiro atoms. The Morgan fingerprint density at radius 3 is 2.27 bits per heavy atom. The van der Waals surface area contributed by atoms with E-state index < -0.39 is 0 Å². The van der Waals surface area contributed by atoms with Gasteiger partial charge in [-0.3, -0.25) is 0 Å². The van der Waals surface area contributed by atoms with Crippen LogP contribution >= 0.6 is 0 Å². The van der Waals surface area contributed by atoms with Crippen LogP contribution in [-0.2, 0) is 0 Å². The van der Waals surface area contributed by atoms with Gasteiger partial charge in [0.2, 0.25) is 0 Å². The molecule has 0 saturated carbocycles. The maximum absolute atomic E-state index is 4.09. The summed E-state index contributed by atoms with van der Waals surface area (Å²) >= 11 is 0. The third-order valence-electron chi connectivity index (χ3n) is 0.960. The molecule has 0 heterocycles. The van der Waals surface area contributed by atoms with Crippen LogP contribution in [0.4, 0.5) is 0 Å². The van der Waals surface area contributed by atoms with Crippen molar-refractivity contribution in [2.75, 3.05) is 20.6 Å². The number of amidine groups is 1. The number of allylic oxidation sites excluding steroid dienone is 1. The molecule has 3 heteroatoms. The Kier molecular flexibility index (Phi) is 4.38. The second kappa shape index (κ2) is 4.79. The molecule has 0 unspecified atom stereocenters. The molecule has 0 atom stereocenters. The topological polar surface area (TPSA) is 28.0 Å². The molecule has 0 rings (SSSR count). The smallest absolute Gasteiger partial charge is 0.141 e. The van der Waals surface area contributed by atoms with E-state index in [0.29, 0.717) is 12.4 Å². The molecule has 62 valence electrons. The Bertz CT molecular complexity index is 180. The second-order valence-corrected chi connectivity index (χ2v) is 2.66. The molecule has 0 radical (unpaired) electrons. The second-order valence-electron chi connectivity index (χ2n) is 2.66. The molecular formula is C8H15N3. The third kappa shape index (κ3) is 5.48. The van der Waals surface area contributed by atoms with Crippen molar-refractivity contribution < 1.29 is 0 Å². The van der Waals surface area contributed by atoms with E-state index in [1.807, 2.05) is 25.9 Å². The van der Waals surface area contributed by atoms with Gasteiger partial charge >= 0.3 is 0 Å². The largest absolute Gasteiger partial charge is 0.302 e. The molecule has 3 nitrogen and oxygen atoms in total. The highest BCUT2D eigenvalue weighted by atomic mass is 15.1. The van der Waals surface area contributed by atoms with Gasteiger partial charge in [0.25, 0.3) is 0 Å². The molecule has 0 saturated heterocycles. The Morgan fingerprint density at radius 2 is 2.00 bits per heavy atom. The minimum Gasteiger partial charge on any atom is -0.302 e. The van der Waals surface area contributed by atoms with Gasteiger partial charge in [0.05, 0.1) is 6.54 Å². The molecule has 0 amide bonds. The highest BCUT2D eigenvalue weighted by Gasteiger charge is 1.96. The van der Waals surface area contributed by atoms with Crippen molar-refractivity contribution >= 4 is 12.6 Å². The van der Waals surface area contributed by atoms with Crippen LogP contribution in [0.25, 0.3) is 0 Å². The minimum absolute atomic E-state index is 0.705. The number of nitrogens with zero attached hydrogens (tertiary/aromatic N) is 3. The lowest BCUT2D eigenvalue weighted by Gasteiger charge is -2.07. The average molecular weight is 153 g/mol. The third-order valence-corrected chi connectivity index (χ3v) is 0.960. The minimum atomic E-state index is 0.705. The summed E-state index contributed by atoms with van der Waals surface area (Å²) in [4.78, 5) is 9.84. The van der Waals surface area contributed by atoms with Gasteiger partial charge in [0.15, 0.2) is 0 Å². The van der Waals surface area contributed by atoms with Crippen LogP contribution in [0.5, 0.6) is 0 Å². The van der Waals surface area contributed by atoms with E-state index in [1.165, 1.54) is 0 Å². The van der Waals surface area contributed by atoms with Crippen molar-refractivity contribution in [2.24, 2.45) is 9.98 Å². The van der Waals surface area contributed by atoms with Crippen molar-refractivity contribution in [2.45, 2.75) is 6.92 Å². The Labute approximate surface area is 68.2 Å². The predicted molar refractivity (Wildman–Crippen MR) is 50.4 cm³/mol. The molecule has 0 N–H and O–H groups in total. The fourth-order valence-electron chi connectivity index (χ4n) is 0.624. The van der Waals surface area contributed by atoms with Crippen LogP contribution in [0, 0.1) is 0 Å². The first kappa shape index (κ1) is 10.0. The lowest BCUT2D eigenvalue weighted by Crippen LogP contribution is -2.20. The van der Waals surface area contributed by atoms with Crippen molar-refractivity contribution in [3.05, 3.63) is 12.3 Å². The first-order valence-electron chi connectivity index (χ1n) is 3.40. The molecule has 0 aromatic heterocycles. The number of aliphatic imine (C=N–C) groups is 2. The number of hydrogen-bond acceptors (Lipinski definition) is 2. The van der Waals surface area contributed by atoms with E-state index in [0.717, 1.165) is 5.70 Å². The van der Waals surface area contributed by atoms with Gasteiger partial charge in [-0.1, -0.05) is 6.58 Å². The molecule has 0 aromatic carbocycles. The molecule has 0 bridgehead atoms. The zero-order chi connectivity index (χ0) is 8.85. The summed E-state index contributed by atoms with van der Waals surface area (Å²) in [5, 5.41) is 0. The van der Waals surface area contributed by atoms with Gasteiger partial charge < -0.3 is 4.90 Å². The Balaban J connectivity index is 4.16. The number of rotatable bonds is 3. The maximum Gasteiger partial charge on any atom is 0.141 e. The van der Waals surface area contributed by atoms with Crippen LogP contribution < -0.4 is 0 Å². The monoisotopic (exact) mass is 153 g/mol. The summed E-state index contributed by atoms with van der Waals surface area (Å²) in [5.41, 5.74) is 0.759. The Hall–Kier alpha value is -0.960. The van der Waals surface area contributed by atoms with Crippen LogP contribution in [0.3, 0.4) is 0 Å². The van der Waals surface area contributed by atoms with Gasteiger partial charge in [0, 0.05) is 5.70 Å². The van der Waals surface area contributed by atoms with Gasteiger partial charge in [0.1, 0.15) is 5.84 Å². The van der Waals surface area contributed by atoms with Crippen LogP contribution in [0.1, 0.15) is 6.92 Å². The summed E-state index contributed by atoms with van der Waals surface area (Å²) < 4.78 is 0. The summed E-state index contributed by atoms with van der Waals surface area (Å²) in [7, 11) is 3.91. The summed E-state index contributed by atoms with van der Waals surface area (Å²) in [6.45, 7) is 9.61. The first-order valence-corrected chi connectivity index (χ1v) is 3.40. The SMILES string of the molecule is C=NC(CN(C)C)=NC(=C)C. The van der Waals surface area contributed by atoms with E-state index in [-0.39, 0.29) is 0 Å². The van der Waals surface area contributed by atoms with E-state index >= 15 is 0 Å². The van der Waals surface area contributed by atoms with Gasteiger partial charge in [-0.05, 0) is 27.7 Å². The lowest BCUT2D eigenvalue weighted by atomic mass is 10.5. The van der Waals surface area contributed by atoms with Gasteiger partial charge in [-0.25, -0.2) is 9.98 Å². The van der Waals surface area contributed by atoms with Crippen LogP contribution in [-0.4, -0.2) is 38.1 Å². The first-order chi connectivity index (χ1) is 5.06. The van der Waals surface area contributed by atoms with Crippen molar-refractivity contribution in [3.8, 4) is 0 Å². The zero-order valence-electron chi connectivity index (χ0n) is 7.46. The molecule has 11 heavy (non-hydrogen) atoms. The summed E-state index contributed by atoms with van der Waals surface area (Å²) in [5.74, 6) is 0.711. The van der Waals surface area contributed by atoms with Gasteiger partial charge in [-0.2, -0.15) is 0 Å². The molecule has 0 aliphatic heterocycles. The highest BCUT2D eigenvalue weighted by Crippen LogP contribution is 1.92. The lowest BCUT2D eigenvalue weighted by molar-refractivity contribution is 0.468. The molecule has 0 fully saturated rings. The summed E-state index contributed by atoms with van der Waals surface area (Å²) in [6.07, 6.45) is 0. The van der Waals surface area contributed by atoms with Gasteiger partial charge in [-0.15, -0.1) is 0 Å². The van der Waals surface area contributed by atoms with Crippen LogP contribution in [0.2, 0.25) is 0 Å². The molecular weight excluding hydrogens is 138 g/mol. The molecule has 0 aliphatic carbocycles. The van der Waals surface area contributed by atoms with Crippen LogP contribution in [0.15, 0.2) is 22.3 Å². The maximum atomic E-state index is 4.09. The predicted octanol–water partition coefficient (Wildman–Crippen LogP) is 1.18. The number of likely N-dealkylation sites (N-methyl/N-ethyl adjacent to an activating group) is 1. The normalized spacial score (nSPS) is 11.8. The zero-order valence-corrected chi connectivity index (χ0v) is 7.46. The Morgan fingerprint density at radius 1 is 1.45 bits per heavy atom. The molecule has 0 aromatic rings. The molecule has 0 aliphatic rings. The van der Waals surface area contributed by atoms with Crippen molar-refractivity contribution in [1.29, 1.82) is 0 Å². The number of hydrogen-bond donors (Lipinski definition) is 0. The van der Waals surface area contributed by atoms with Crippen molar-refractivity contribution in [1.82, 2.24) is 4.90 Å². The van der Waals surface area contributed by atoms with E-state index in [1.54, 1.807) is 0 Å². The highest BCUT2D eigenvalue weighted by molar-refractivity contribution is 5.88. The van der Waals surface area contributed by atoms with E-state index in [9.17, 15) is 0 Å².